The Morgan fingerprint density at radius 1 is 1.00 bits per heavy atom. The number of hydrogen-bond donors (Lipinski definition) is 4. The van der Waals surface area contributed by atoms with E-state index in [1.165, 1.54) is 0 Å². The summed E-state index contributed by atoms with van der Waals surface area (Å²) in [6, 6.07) is 0. The molecule has 0 aliphatic carbocycles. The fourth-order valence-corrected chi connectivity index (χ4v) is 2.04. The van der Waals surface area contributed by atoms with Crippen molar-refractivity contribution in [1.82, 2.24) is 0 Å². The van der Waals surface area contributed by atoms with Crippen molar-refractivity contribution in [2.75, 3.05) is 26.4 Å². The molecule has 0 radical (unpaired) electrons. The third kappa shape index (κ3) is 11.9. The molecule has 2 unspecified atom stereocenters. The van der Waals surface area contributed by atoms with Gasteiger partial charge in [0.15, 0.2) is 0 Å². The third-order valence-electron chi connectivity index (χ3n) is 2.65. The maximum atomic E-state index is 11.6. The van der Waals surface area contributed by atoms with Gasteiger partial charge >= 0.3 is 0 Å². The highest BCUT2D eigenvalue weighted by Gasteiger charge is 2.28. The molecule has 0 aliphatic rings. The fraction of sp³-hybridized carbons (Fsp3) is 0.667. The highest BCUT2D eigenvalue weighted by Crippen LogP contribution is 2.18. The predicted molar refractivity (Wildman–Crippen MR) is 92.3 cm³/mol. The highest BCUT2D eigenvalue weighted by molar-refractivity contribution is 7.80. The van der Waals surface area contributed by atoms with E-state index in [1.807, 2.05) is 0 Å². The van der Waals surface area contributed by atoms with Crippen LogP contribution in [0.15, 0.2) is 0 Å². The Bertz CT molecular complexity index is 451. The zero-order valence-corrected chi connectivity index (χ0v) is 14.6. The van der Waals surface area contributed by atoms with Gasteiger partial charge in [-0.1, -0.05) is 12.2 Å². The second kappa shape index (κ2) is 12.8. The summed E-state index contributed by atoms with van der Waals surface area (Å²) in [7, 11) is 0. The van der Waals surface area contributed by atoms with Gasteiger partial charge < -0.3 is 37.3 Å². The second-order valence-electron chi connectivity index (χ2n) is 4.66. The van der Waals surface area contributed by atoms with Crippen LogP contribution in [0.4, 0.5) is 0 Å². The maximum absolute atomic E-state index is 11.6. The number of thiocarbonyl (C=S) groups is 2. The molecule has 0 saturated heterocycles. The van der Waals surface area contributed by atoms with Gasteiger partial charge in [0.05, 0.1) is 24.8 Å². The van der Waals surface area contributed by atoms with Crippen molar-refractivity contribution in [2.45, 2.75) is 18.9 Å². The number of primary amides is 2. The van der Waals surface area contributed by atoms with Crippen LogP contribution < -0.4 is 22.9 Å². The van der Waals surface area contributed by atoms with E-state index < -0.39 is 23.8 Å². The summed E-state index contributed by atoms with van der Waals surface area (Å²) < 4.78 is 10.3. The predicted octanol–water partition coefficient (Wildman–Crippen LogP) is -1.77. The molecule has 12 heteroatoms. The summed E-state index contributed by atoms with van der Waals surface area (Å²) in [4.78, 5) is 31.6. The van der Waals surface area contributed by atoms with Crippen molar-refractivity contribution in [1.29, 1.82) is 0 Å². The van der Waals surface area contributed by atoms with Gasteiger partial charge in [0, 0.05) is 12.3 Å². The van der Waals surface area contributed by atoms with Gasteiger partial charge in [0.1, 0.15) is 12.7 Å². The molecule has 10 nitrogen and oxygen atoms in total. The van der Waals surface area contributed by atoms with Crippen molar-refractivity contribution in [3.05, 3.63) is 0 Å². The standard InChI is InChI=1S/C12H22N4O6S2/c13-8(17)6-19-3-4-20-10(11(15)18)7(5-9(14)23)1-2-21-22-12(16)24/h7,10H,1-6H2,(H2,13,17)(H2,14,23)(H2,15,18)(H2,16,24). The lowest BCUT2D eigenvalue weighted by atomic mass is 9.94. The first-order valence-corrected chi connectivity index (χ1v) is 7.69. The lowest BCUT2D eigenvalue weighted by Gasteiger charge is -2.24. The molecule has 0 aromatic carbocycles. The van der Waals surface area contributed by atoms with E-state index >= 15 is 0 Å². The Labute approximate surface area is 150 Å². The van der Waals surface area contributed by atoms with E-state index in [4.69, 9.17) is 49.5 Å². The normalized spacial score (nSPS) is 13.0. The quantitative estimate of drug-likeness (QED) is 0.116. The van der Waals surface area contributed by atoms with E-state index in [0.29, 0.717) is 6.42 Å². The van der Waals surface area contributed by atoms with Crippen molar-refractivity contribution in [3.63, 3.8) is 0 Å². The van der Waals surface area contributed by atoms with Crippen LogP contribution in [0.5, 0.6) is 0 Å². The molecule has 0 aliphatic heterocycles. The molecule has 0 aromatic rings. The van der Waals surface area contributed by atoms with Gasteiger partial charge in [-0.05, 0) is 18.6 Å². The summed E-state index contributed by atoms with van der Waals surface area (Å²) >= 11 is 9.34. The number of ether oxygens (including phenoxy) is 2. The summed E-state index contributed by atoms with van der Waals surface area (Å²) in [5, 5.41) is -0.268. The number of carbonyl (C=O) groups excluding carboxylic acids is 2. The lowest BCUT2D eigenvalue weighted by molar-refractivity contribution is -0.224. The van der Waals surface area contributed by atoms with Gasteiger partial charge in [-0.15, -0.1) is 0 Å². The molecule has 24 heavy (non-hydrogen) atoms. The Morgan fingerprint density at radius 2 is 1.67 bits per heavy atom. The minimum Gasteiger partial charge on any atom is -0.393 e. The Balaban J connectivity index is 4.50. The van der Waals surface area contributed by atoms with E-state index in [1.54, 1.807) is 0 Å². The Kier molecular flexibility index (Phi) is 11.9. The topological polar surface area (TPSA) is 175 Å². The van der Waals surface area contributed by atoms with E-state index in [-0.39, 0.29) is 43.0 Å². The largest absolute Gasteiger partial charge is 0.393 e. The molecule has 0 aromatic heterocycles. The average Bonchev–Trinajstić information content (AvgIpc) is 2.45. The lowest BCUT2D eigenvalue weighted by Crippen LogP contribution is -2.40. The van der Waals surface area contributed by atoms with Crippen LogP contribution in [-0.2, 0) is 28.8 Å². The molecule has 2 atom stereocenters. The molecule has 8 N–H and O–H groups in total. The van der Waals surface area contributed by atoms with Crippen molar-refractivity contribution in [3.8, 4) is 0 Å². The minimum absolute atomic E-state index is 0.0267. The molecular weight excluding hydrogens is 360 g/mol. The zero-order valence-electron chi connectivity index (χ0n) is 13.0. The first-order valence-electron chi connectivity index (χ1n) is 6.88. The van der Waals surface area contributed by atoms with Gasteiger partial charge in [-0.2, -0.15) is 4.89 Å². The molecule has 0 spiro atoms. The van der Waals surface area contributed by atoms with Gasteiger partial charge in [-0.3, -0.25) is 9.59 Å². The number of hydrogen-bond acceptors (Lipinski definition) is 8. The SMILES string of the molecule is NC(=O)COCCOC(C(N)=O)C(CCOOC(N)=S)CC(N)=S. The third-order valence-corrected chi connectivity index (χ3v) is 2.89. The van der Waals surface area contributed by atoms with Crippen molar-refractivity contribution >= 4 is 46.4 Å². The van der Waals surface area contributed by atoms with Crippen LogP contribution in [0.2, 0.25) is 0 Å². The monoisotopic (exact) mass is 382 g/mol. The first-order chi connectivity index (χ1) is 11.2. The van der Waals surface area contributed by atoms with Crippen LogP contribution in [0.25, 0.3) is 0 Å². The van der Waals surface area contributed by atoms with Gasteiger partial charge in [0.25, 0.3) is 5.17 Å². The van der Waals surface area contributed by atoms with E-state index in [0.717, 1.165) is 0 Å². The molecule has 0 heterocycles. The molecule has 0 bridgehead atoms. The molecule has 0 saturated carbocycles. The minimum atomic E-state index is -0.975. The Morgan fingerprint density at radius 3 is 2.17 bits per heavy atom. The van der Waals surface area contributed by atoms with E-state index in [2.05, 4.69) is 17.1 Å². The van der Waals surface area contributed by atoms with Gasteiger partial charge in [-0.25, -0.2) is 0 Å². The number of rotatable bonds is 14. The molecule has 138 valence electrons. The molecular formula is C12H22N4O6S2. The highest BCUT2D eigenvalue weighted by atomic mass is 32.1. The molecule has 2 amide bonds. The van der Waals surface area contributed by atoms with Crippen molar-refractivity contribution in [2.24, 2.45) is 28.9 Å². The summed E-state index contributed by atoms with van der Waals surface area (Å²) in [6.07, 6.45) is -0.464. The zero-order chi connectivity index (χ0) is 18.5. The van der Waals surface area contributed by atoms with Crippen LogP contribution in [0.3, 0.4) is 0 Å². The summed E-state index contributed by atoms with van der Waals surface area (Å²) in [5.74, 6) is -1.74. The molecule has 0 rings (SSSR count). The summed E-state index contributed by atoms with van der Waals surface area (Å²) in [6.45, 7) is -0.0897. The smallest absolute Gasteiger partial charge is 0.294 e. The number of nitrogens with two attached hydrogens (primary N) is 4. The van der Waals surface area contributed by atoms with E-state index in [9.17, 15) is 9.59 Å². The Hall–Kier alpha value is -1.60. The van der Waals surface area contributed by atoms with Crippen LogP contribution >= 0.6 is 24.4 Å². The van der Waals surface area contributed by atoms with Crippen LogP contribution in [0.1, 0.15) is 12.8 Å². The second-order valence-corrected chi connectivity index (χ2v) is 5.58. The number of carbonyl (C=O) groups is 2. The first kappa shape index (κ1) is 22.4. The molecule has 0 fully saturated rings. The number of amides is 2. The van der Waals surface area contributed by atoms with Crippen LogP contribution in [0, 0.1) is 5.92 Å². The van der Waals surface area contributed by atoms with Crippen molar-refractivity contribution < 1.29 is 28.8 Å². The fourth-order valence-electron chi connectivity index (χ4n) is 1.78. The maximum Gasteiger partial charge on any atom is 0.294 e. The average molecular weight is 382 g/mol. The summed E-state index contributed by atoms with van der Waals surface area (Å²) in [5.41, 5.74) is 20.9. The van der Waals surface area contributed by atoms with Gasteiger partial charge in [0.2, 0.25) is 11.8 Å². The van der Waals surface area contributed by atoms with Crippen LogP contribution in [-0.4, -0.2) is 54.5 Å².